The average Bonchev–Trinajstić information content (AvgIpc) is 2.15. The molecule has 0 heterocycles. The van der Waals surface area contributed by atoms with Crippen LogP contribution >= 0.6 is 0 Å². The van der Waals surface area contributed by atoms with Gasteiger partial charge in [-0.2, -0.15) is 0 Å². The predicted octanol–water partition coefficient (Wildman–Crippen LogP) is 2.58. The normalized spacial score (nSPS) is 9.80. The molecule has 4 heteroatoms. The second-order valence-electron chi connectivity index (χ2n) is 3.09. The summed E-state index contributed by atoms with van der Waals surface area (Å²) in [6, 6.07) is 3.08. The molecular formula is C11H10F2O2. The van der Waals surface area contributed by atoms with Crippen molar-refractivity contribution in [3.05, 3.63) is 47.5 Å². The predicted molar refractivity (Wildman–Crippen MR) is 51.0 cm³/mol. The van der Waals surface area contributed by atoms with Crippen molar-refractivity contribution >= 4 is 5.97 Å². The van der Waals surface area contributed by atoms with Gasteiger partial charge in [0.1, 0.15) is 18.2 Å². The largest absolute Gasteiger partial charge is 0.457 e. The van der Waals surface area contributed by atoms with Crippen molar-refractivity contribution in [1.82, 2.24) is 0 Å². The van der Waals surface area contributed by atoms with Crippen LogP contribution in [0.1, 0.15) is 12.5 Å². The van der Waals surface area contributed by atoms with Gasteiger partial charge in [0, 0.05) is 17.2 Å². The van der Waals surface area contributed by atoms with Crippen LogP contribution in [0.4, 0.5) is 8.78 Å². The van der Waals surface area contributed by atoms with Crippen LogP contribution in [0.25, 0.3) is 0 Å². The number of ether oxygens (including phenoxy) is 1. The average molecular weight is 212 g/mol. The van der Waals surface area contributed by atoms with Crippen LogP contribution in [0, 0.1) is 11.6 Å². The zero-order valence-electron chi connectivity index (χ0n) is 8.22. The van der Waals surface area contributed by atoms with Gasteiger partial charge in [-0.05, 0) is 19.1 Å². The third kappa shape index (κ3) is 3.16. The first-order chi connectivity index (χ1) is 7.00. The molecule has 1 rings (SSSR count). The first kappa shape index (κ1) is 11.4. The molecule has 0 spiro atoms. The second kappa shape index (κ2) is 4.68. The Hall–Kier alpha value is -1.71. The molecule has 0 bridgehead atoms. The molecule has 0 amide bonds. The van der Waals surface area contributed by atoms with Crippen LogP contribution in [-0.2, 0) is 16.1 Å². The molecular weight excluding hydrogens is 202 g/mol. The molecule has 0 radical (unpaired) electrons. The van der Waals surface area contributed by atoms with Gasteiger partial charge in [0.2, 0.25) is 0 Å². The van der Waals surface area contributed by atoms with E-state index in [1.165, 1.54) is 13.0 Å². The van der Waals surface area contributed by atoms with Crippen molar-refractivity contribution in [1.29, 1.82) is 0 Å². The number of esters is 1. The van der Waals surface area contributed by atoms with Crippen molar-refractivity contribution in [2.45, 2.75) is 13.5 Å². The van der Waals surface area contributed by atoms with Crippen molar-refractivity contribution in [3.8, 4) is 0 Å². The lowest BCUT2D eigenvalue weighted by atomic mass is 10.2. The minimum atomic E-state index is -0.732. The summed E-state index contributed by atoms with van der Waals surface area (Å²) in [6.07, 6.45) is 0. The maximum absolute atomic E-state index is 13.0. The zero-order chi connectivity index (χ0) is 11.4. The SMILES string of the molecule is C=C(C)C(=O)OCc1ccc(F)cc1F. The Morgan fingerprint density at radius 1 is 1.47 bits per heavy atom. The summed E-state index contributed by atoms with van der Waals surface area (Å²) in [4.78, 5) is 11.0. The van der Waals surface area contributed by atoms with Crippen LogP contribution in [-0.4, -0.2) is 5.97 Å². The molecule has 0 aliphatic heterocycles. The third-order valence-electron chi connectivity index (χ3n) is 1.72. The maximum atomic E-state index is 13.0. The van der Waals surface area contributed by atoms with E-state index in [2.05, 4.69) is 6.58 Å². The Bertz CT molecular complexity index is 400. The highest BCUT2D eigenvalue weighted by Crippen LogP contribution is 2.11. The fourth-order valence-corrected chi connectivity index (χ4v) is 0.905. The van der Waals surface area contributed by atoms with Gasteiger partial charge in [-0.25, -0.2) is 13.6 Å². The molecule has 0 N–H and O–H groups in total. The lowest BCUT2D eigenvalue weighted by Crippen LogP contribution is -2.06. The fraction of sp³-hybridized carbons (Fsp3) is 0.182. The summed E-state index contributed by atoms with van der Waals surface area (Å²) in [7, 11) is 0. The number of carbonyl (C=O) groups is 1. The van der Waals surface area contributed by atoms with Crippen LogP contribution < -0.4 is 0 Å². The molecule has 0 unspecified atom stereocenters. The number of benzene rings is 1. The van der Waals surface area contributed by atoms with E-state index in [0.717, 1.165) is 12.1 Å². The highest BCUT2D eigenvalue weighted by Gasteiger charge is 2.07. The highest BCUT2D eigenvalue weighted by atomic mass is 19.1. The fourth-order valence-electron chi connectivity index (χ4n) is 0.905. The van der Waals surface area contributed by atoms with E-state index in [0.29, 0.717) is 0 Å². The van der Waals surface area contributed by atoms with Gasteiger partial charge in [0.25, 0.3) is 0 Å². The summed E-state index contributed by atoms with van der Waals surface area (Å²) in [5.74, 6) is -1.99. The molecule has 1 aromatic carbocycles. The molecule has 0 fully saturated rings. The van der Waals surface area contributed by atoms with Crippen LogP contribution in [0.3, 0.4) is 0 Å². The lowest BCUT2D eigenvalue weighted by Gasteiger charge is -2.05. The number of rotatable bonds is 3. The summed E-state index contributed by atoms with van der Waals surface area (Å²) in [5, 5.41) is 0. The Balaban J connectivity index is 2.66. The molecule has 0 atom stereocenters. The Morgan fingerprint density at radius 2 is 2.13 bits per heavy atom. The molecule has 0 aromatic heterocycles. The van der Waals surface area contributed by atoms with Crippen LogP contribution in [0.5, 0.6) is 0 Å². The Morgan fingerprint density at radius 3 is 2.67 bits per heavy atom. The molecule has 15 heavy (non-hydrogen) atoms. The Labute approximate surface area is 86.2 Å². The van der Waals surface area contributed by atoms with E-state index in [1.54, 1.807) is 0 Å². The van der Waals surface area contributed by atoms with Gasteiger partial charge < -0.3 is 4.74 Å². The zero-order valence-corrected chi connectivity index (χ0v) is 8.22. The summed E-state index contributed by atoms with van der Waals surface area (Å²) in [5.41, 5.74) is 0.364. The van der Waals surface area contributed by atoms with Gasteiger partial charge in [0.15, 0.2) is 0 Å². The minimum absolute atomic E-state index is 0.131. The van der Waals surface area contributed by atoms with Crippen molar-refractivity contribution in [2.24, 2.45) is 0 Å². The standard InChI is InChI=1S/C11H10F2O2/c1-7(2)11(14)15-6-8-3-4-9(12)5-10(8)13/h3-5H,1,6H2,2H3. The van der Waals surface area contributed by atoms with Gasteiger partial charge in [-0.1, -0.05) is 6.58 Å². The van der Waals surface area contributed by atoms with Gasteiger partial charge >= 0.3 is 5.97 Å². The molecule has 0 aliphatic carbocycles. The van der Waals surface area contributed by atoms with Crippen molar-refractivity contribution in [2.75, 3.05) is 0 Å². The van der Waals surface area contributed by atoms with Gasteiger partial charge in [0.05, 0.1) is 0 Å². The first-order valence-corrected chi connectivity index (χ1v) is 4.27. The first-order valence-electron chi connectivity index (χ1n) is 4.27. The van der Waals surface area contributed by atoms with E-state index >= 15 is 0 Å². The highest BCUT2D eigenvalue weighted by molar-refractivity contribution is 5.86. The minimum Gasteiger partial charge on any atom is -0.457 e. The summed E-state index contributed by atoms with van der Waals surface area (Å²) >= 11 is 0. The Kier molecular flexibility index (Phi) is 3.55. The van der Waals surface area contributed by atoms with Crippen molar-refractivity contribution < 1.29 is 18.3 Å². The van der Waals surface area contributed by atoms with E-state index in [4.69, 9.17) is 4.74 Å². The third-order valence-corrected chi connectivity index (χ3v) is 1.72. The summed E-state index contributed by atoms with van der Waals surface area (Å²) in [6.45, 7) is 4.64. The van der Waals surface area contributed by atoms with Crippen LogP contribution in [0.2, 0.25) is 0 Å². The molecule has 0 saturated carbocycles. The van der Waals surface area contributed by atoms with Gasteiger partial charge in [-0.3, -0.25) is 0 Å². The van der Waals surface area contributed by atoms with E-state index in [9.17, 15) is 13.6 Å². The molecule has 0 aliphatic rings. The number of hydrogen-bond donors (Lipinski definition) is 0. The number of carbonyl (C=O) groups excluding carboxylic acids is 1. The van der Waals surface area contributed by atoms with Crippen molar-refractivity contribution in [3.63, 3.8) is 0 Å². The molecule has 2 nitrogen and oxygen atoms in total. The quantitative estimate of drug-likeness (QED) is 0.568. The van der Waals surface area contributed by atoms with Gasteiger partial charge in [-0.15, -0.1) is 0 Å². The summed E-state index contributed by atoms with van der Waals surface area (Å²) < 4.78 is 30.3. The maximum Gasteiger partial charge on any atom is 0.333 e. The topological polar surface area (TPSA) is 26.3 Å². The number of hydrogen-bond acceptors (Lipinski definition) is 2. The monoisotopic (exact) mass is 212 g/mol. The second-order valence-corrected chi connectivity index (χ2v) is 3.09. The van der Waals surface area contributed by atoms with Crippen LogP contribution in [0.15, 0.2) is 30.4 Å². The van der Waals surface area contributed by atoms with E-state index in [1.807, 2.05) is 0 Å². The van der Waals surface area contributed by atoms with E-state index in [-0.39, 0.29) is 17.7 Å². The number of halogens is 2. The molecule has 80 valence electrons. The molecule has 0 saturated heterocycles. The smallest absolute Gasteiger partial charge is 0.333 e. The van der Waals surface area contributed by atoms with E-state index < -0.39 is 17.6 Å². The lowest BCUT2D eigenvalue weighted by molar-refractivity contribution is -0.140. The molecule has 1 aromatic rings.